The lowest BCUT2D eigenvalue weighted by Crippen LogP contribution is -2.13. The topological polar surface area (TPSA) is 52.3 Å². The molecule has 4 aromatic rings. The van der Waals surface area contributed by atoms with Crippen LogP contribution in [-0.2, 0) is 18.0 Å². The largest absolute Gasteiger partial charge is 0.391 e. The molecule has 7 heteroatoms. The van der Waals surface area contributed by atoms with E-state index < -0.39 is 0 Å². The van der Waals surface area contributed by atoms with Crippen molar-refractivity contribution in [2.45, 2.75) is 13.2 Å². The van der Waals surface area contributed by atoms with Crippen molar-refractivity contribution in [1.29, 1.82) is 0 Å². The zero-order valence-electron chi connectivity index (χ0n) is 16.0. The van der Waals surface area contributed by atoms with E-state index in [1.54, 1.807) is 29.2 Å². The molecule has 1 aromatic heterocycles. The Balaban J connectivity index is 1.55. The predicted molar refractivity (Wildman–Crippen MR) is 117 cm³/mol. The van der Waals surface area contributed by atoms with E-state index in [0.717, 1.165) is 21.2 Å². The Hall–Kier alpha value is -3.32. The molecule has 0 saturated heterocycles. The van der Waals surface area contributed by atoms with Crippen molar-refractivity contribution in [3.8, 4) is 11.1 Å². The van der Waals surface area contributed by atoms with Crippen LogP contribution in [0.5, 0.6) is 0 Å². The van der Waals surface area contributed by atoms with Gasteiger partial charge < -0.3 is 4.84 Å². The van der Waals surface area contributed by atoms with Crippen molar-refractivity contribution in [3.05, 3.63) is 107 Å². The van der Waals surface area contributed by atoms with Gasteiger partial charge in [-0.3, -0.25) is 0 Å². The van der Waals surface area contributed by atoms with Gasteiger partial charge in [0, 0.05) is 15.6 Å². The van der Waals surface area contributed by atoms with Crippen molar-refractivity contribution in [2.24, 2.45) is 5.16 Å². The van der Waals surface area contributed by atoms with E-state index in [-0.39, 0.29) is 12.4 Å². The molecule has 5 nitrogen and oxygen atoms in total. The van der Waals surface area contributed by atoms with Crippen molar-refractivity contribution in [3.63, 3.8) is 0 Å². The number of nitrogens with zero attached hydrogens (tertiary/aromatic N) is 4. The van der Waals surface area contributed by atoms with Crippen LogP contribution in [0, 0.1) is 5.82 Å². The normalized spacial score (nSPS) is 11.5. The fourth-order valence-electron chi connectivity index (χ4n) is 2.93. The highest BCUT2D eigenvalue weighted by atomic mass is 79.9. The van der Waals surface area contributed by atoms with Gasteiger partial charge in [0.25, 0.3) is 0 Å². The summed E-state index contributed by atoms with van der Waals surface area (Å²) in [6.45, 7) is 0.430. The number of halogens is 2. The van der Waals surface area contributed by atoms with E-state index in [4.69, 9.17) is 4.84 Å². The number of hydrogen-bond acceptors (Lipinski definition) is 4. The van der Waals surface area contributed by atoms with Crippen LogP contribution >= 0.6 is 15.9 Å². The number of benzene rings is 3. The molecule has 0 spiro atoms. The Morgan fingerprint density at radius 3 is 2.33 bits per heavy atom. The summed E-state index contributed by atoms with van der Waals surface area (Å²) < 4.78 is 16.5. The van der Waals surface area contributed by atoms with Crippen molar-refractivity contribution >= 4 is 21.6 Å². The third-order valence-corrected chi connectivity index (χ3v) is 5.06. The molecule has 0 bridgehead atoms. The summed E-state index contributed by atoms with van der Waals surface area (Å²) in [5, 5.41) is 8.41. The first-order valence-electron chi connectivity index (χ1n) is 9.30. The van der Waals surface area contributed by atoms with E-state index in [0.29, 0.717) is 17.8 Å². The maximum Gasteiger partial charge on any atom is 0.145 e. The van der Waals surface area contributed by atoms with Crippen molar-refractivity contribution in [2.75, 3.05) is 0 Å². The first-order chi connectivity index (χ1) is 14.7. The summed E-state index contributed by atoms with van der Waals surface area (Å²) in [5.41, 5.74) is 4.22. The van der Waals surface area contributed by atoms with Crippen LogP contribution in [0.1, 0.15) is 11.1 Å². The van der Waals surface area contributed by atoms with Crippen LogP contribution in [-0.4, -0.2) is 20.5 Å². The van der Waals surface area contributed by atoms with Gasteiger partial charge >= 0.3 is 0 Å². The molecule has 0 saturated carbocycles. The van der Waals surface area contributed by atoms with E-state index in [9.17, 15) is 4.39 Å². The van der Waals surface area contributed by atoms with Crippen LogP contribution in [0.3, 0.4) is 0 Å². The van der Waals surface area contributed by atoms with E-state index in [2.05, 4.69) is 43.3 Å². The summed E-state index contributed by atoms with van der Waals surface area (Å²) in [6, 6.07) is 22.7. The Morgan fingerprint density at radius 2 is 1.67 bits per heavy atom. The summed E-state index contributed by atoms with van der Waals surface area (Å²) in [6.07, 6.45) is 3.08. The fraction of sp³-hybridized carbons (Fsp3) is 0.0870. The lowest BCUT2D eigenvalue weighted by atomic mass is 10.0. The lowest BCUT2D eigenvalue weighted by Gasteiger charge is -2.09. The molecule has 0 aliphatic heterocycles. The second-order valence-corrected chi connectivity index (χ2v) is 7.50. The highest BCUT2D eigenvalue weighted by Crippen LogP contribution is 2.22. The highest BCUT2D eigenvalue weighted by molar-refractivity contribution is 9.10. The smallest absolute Gasteiger partial charge is 0.145 e. The molecule has 0 aliphatic rings. The van der Waals surface area contributed by atoms with Crippen LogP contribution in [0.4, 0.5) is 4.39 Å². The molecule has 0 N–H and O–H groups in total. The molecule has 30 heavy (non-hydrogen) atoms. The minimum atomic E-state index is -0.315. The summed E-state index contributed by atoms with van der Waals surface area (Å²) in [4.78, 5) is 9.45. The average molecular weight is 465 g/mol. The third kappa shape index (κ3) is 4.99. The van der Waals surface area contributed by atoms with Gasteiger partial charge in [-0.25, -0.2) is 14.1 Å². The second kappa shape index (κ2) is 9.45. The summed E-state index contributed by atoms with van der Waals surface area (Å²) >= 11 is 3.46. The monoisotopic (exact) mass is 464 g/mol. The van der Waals surface area contributed by atoms with Gasteiger partial charge in [0.1, 0.15) is 30.8 Å². The molecule has 0 aliphatic carbocycles. The molecule has 0 unspecified atom stereocenters. The van der Waals surface area contributed by atoms with Crippen molar-refractivity contribution < 1.29 is 9.23 Å². The lowest BCUT2D eigenvalue weighted by molar-refractivity contribution is 0.127. The molecule has 0 fully saturated rings. The molecule has 4 rings (SSSR count). The molecular weight excluding hydrogens is 447 g/mol. The van der Waals surface area contributed by atoms with Gasteiger partial charge in [0.15, 0.2) is 0 Å². The van der Waals surface area contributed by atoms with Gasteiger partial charge in [0.05, 0.1) is 6.54 Å². The second-order valence-electron chi connectivity index (χ2n) is 6.58. The highest BCUT2D eigenvalue weighted by Gasteiger charge is 2.09. The molecule has 1 heterocycles. The number of rotatable bonds is 7. The predicted octanol–water partition coefficient (Wildman–Crippen LogP) is 5.47. The Morgan fingerprint density at radius 1 is 0.967 bits per heavy atom. The van der Waals surface area contributed by atoms with Crippen molar-refractivity contribution in [1.82, 2.24) is 14.8 Å². The average Bonchev–Trinajstić information content (AvgIpc) is 3.28. The molecule has 0 radical (unpaired) electrons. The quantitative estimate of drug-likeness (QED) is 0.269. The van der Waals surface area contributed by atoms with Crippen LogP contribution in [0.25, 0.3) is 11.1 Å². The number of aromatic nitrogens is 3. The Kier molecular flexibility index (Phi) is 6.29. The van der Waals surface area contributed by atoms with Crippen LogP contribution < -0.4 is 0 Å². The van der Waals surface area contributed by atoms with Crippen LogP contribution in [0.2, 0.25) is 0 Å². The molecule has 3 aromatic carbocycles. The van der Waals surface area contributed by atoms with Gasteiger partial charge in [0.2, 0.25) is 0 Å². The zero-order chi connectivity index (χ0) is 20.8. The minimum Gasteiger partial charge on any atom is -0.391 e. The molecule has 0 atom stereocenters. The first-order valence-corrected chi connectivity index (χ1v) is 10.1. The molecule has 150 valence electrons. The molecule has 0 amide bonds. The van der Waals surface area contributed by atoms with E-state index in [1.165, 1.54) is 12.4 Å². The van der Waals surface area contributed by atoms with Gasteiger partial charge in [-0.15, -0.1) is 0 Å². The maximum absolute atomic E-state index is 13.8. The maximum atomic E-state index is 13.8. The van der Waals surface area contributed by atoms with Gasteiger partial charge in [-0.1, -0.05) is 75.7 Å². The summed E-state index contributed by atoms with van der Waals surface area (Å²) in [5.74, 6) is -0.315. The van der Waals surface area contributed by atoms with E-state index >= 15 is 0 Å². The Bertz CT molecular complexity index is 1130. The molecular formula is C23H18BrFN4O. The zero-order valence-corrected chi connectivity index (χ0v) is 17.5. The van der Waals surface area contributed by atoms with Gasteiger partial charge in [-0.05, 0) is 29.3 Å². The SMILES string of the molecule is Fc1ccccc1CON=C(Cn1cncn1)c1ccc(-c2ccc(Br)cc2)cc1. The Labute approximate surface area is 182 Å². The summed E-state index contributed by atoms with van der Waals surface area (Å²) in [7, 11) is 0. The van der Waals surface area contributed by atoms with Crippen LogP contribution in [0.15, 0.2) is 95.1 Å². The van der Waals surface area contributed by atoms with E-state index in [1.807, 2.05) is 36.4 Å². The minimum absolute atomic E-state index is 0.0461. The number of oxime groups is 1. The first kappa shape index (κ1) is 20.0. The van der Waals surface area contributed by atoms with Gasteiger partial charge in [-0.2, -0.15) is 5.10 Å². The third-order valence-electron chi connectivity index (χ3n) is 4.53. The standard InChI is InChI=1S/C23H18BrFN4O/c24-21-11-9-18(10-12-21)17-5-7-19(8-6-17)23(13-29-16-26-15-27-29)28-30-14-20-3-1-2-4-22(20)25/h1-12,15-16H,13-14H2. The number of hydrogen-bond donors (Lipinski definition) is 0. The fourth-order valence-corrected chi connectivity index (χ4v) is 3.20.